The van der Waals surface area contributed by atoms with E-state index in [1.807, 2.05) is 0 Å². The minimum atomic E-state index is -0.198. The number of carbonyl (C=O) groups excluding carboxylic acids is 2. The third-order valence-electron chi connectivity index (χ3n) is 2.65. The van der Waals surface area contributed by atoms with Crippen molar-refractivity contribution in [1.82, 2.24) is 10.3 Å². The van der Waals surface area contributed by atoms with Gasteiger partial charge in [0.2, 0.25) is 5.78 Å². The Labute approximate surface area is 99.7 Å². The van der Waals surface area contributed by atoms with Gasteiger partial charge in [0.15, 0.2) is 5.78 Å². The molecule has 1 aliphatic rings. The first-order valence-corrected chi connectivity index (χ1v) is 5.73. The van der Waals surface area contributed by atoms with Crippen molar-refractivity contribution in [2.45, 2.75) is 19.8 Å². The first-order chi connectivity index (χ1) is 8.24. The number of nitrogens with one attached hydrogen (secondary N) is 1. The van der Waals surface area contributed by atoms with E-state index < -0.39 is 0 Å². The number of hydrogen-bond acceptors (Lipinski definition) is 4. The average molecular weight is 230 g/mol. The van der Waals surface area contributed by atoms with Gasteiger partial charge in [0, 0.05) is 18.8 Å². The number of Topliss-reactive ketones (excluding diaryl/α,β-unsaturated/α-hetero) is 1. The summed E-state index contributed by atoms with van der Waals surface area (Å²) in [6, 6.07) is 3.29. The van der Waals surface area contributed by atoms with Crippen LogP contribution in [0.2, 0.25) is 0 Å². The lowest BCUT2D eigenvalue weighted by Crippen LogP contribution is -2.28. The molecule has 1 N–H and O–H groups in total. The highest BCUT2D eigenvalue weighted by Crippen LogP contribution is 2.17. The molecule has 0 spiro atoms. The Morgan fingerprint density at radius 2 is 2.18 bits per heavy atom. The van der Waals surface area contributed by atoms with Crippen molar-refractivity contribution >= 4 is 11.6 Å². The quantitative estimate of drug-likeness (QED) is 0.800. The fraction of sp³-hybridized carbons (Fsp3) is 0.308. The van der Waals surface area contributed by atoms with Crippen molar-refractivity contribution < 1.29 is 9.59 Å². The van der Waals surface area contributed by atoms with E-state index in [1.165, 1.54) is 12.3 Å². The lowest BCUT2D eigenvalue weighted by atomic mass is 9.97. The van der Waals surface area contributed by atoms with Gasteiger partial charge in [-0.3, -0.25) is 14.6 Å². The van der Waals surface area contributed by atoms with E-state index in [2.05, 4.69) is 17.2 Å². The van der Waals surface area contributed by atoms with Crippen LogP contribution < -0.4 is 5.32 Å². The second-order valence-electron chi connectivity index (χ2n) is 3.93. The van der Waals surface area contributed by atoms with Crippen LogP contribution >= 0.6 is 0 Å². The number of rotatable bonds is 4. The van der Waals surface area contributed by atoms with Gasteiger partial charge in [0.25, 0.3) is 0 Å². The van der Waals surface area contributed by atoms with E-state index in [0.29, 0.717) is 17.8 Å². The molecule has 0 saturated carbocycles. The maximum absolute atomic E-state index is 12.0. The van der Waals surface area contributed by atoms with Crippen molar-refractivity contribution in [2.75, 3.05) is 6.54 Å². The number of pyridine rings is 1. The molecule has 0 amide bonds. The van der Waals surface area contributed by atoms with E-state index in [9.17, 15) is 9.59 Å². The van der Waals surface area contributed by atoms with Crippen LogP contribution in [-0.4, -0.2) is 23.1 Å². The number of fused-ring (bicyclic) bond motifs is 1. The van der Waals surface area contributed by atoms with Crippen molar-refractivity contribution in [3.05, 3.63) is 41.4 Å². The van der Waals surface area contributed by atoms with Crippen LogP contribution in [0.4, 0.5) is 0 Å². The summed E-state index contributed by atoms with van der Waals surface area (Å²) in [4.78, 5) is 27.8. The molecule has 0 aromatic carbocycles. The maximum Gasteiger partial charge on any atom is 0.228 e. The van der Waals surface area contributed by atoms with Gasteiger partial charge in [-0.1, -0.05) is 13.3 Å². The van der Waals surface area contributed by atoms with Crippen LogP contribution in [0, 0.1) is 0 Å². The zero-order valence-corrected chi connectivity index (χ0v) is 9.69. The SMILES string of the molecule is CCCCNC1=CC(=O)c2cccnc2C1=O. The summed E-state index contributed by atoms with van der Waals surface area (Å²) in [5, 5.41) is 2.99. The highest BCUT2D eigenvalue weighted by Gasteiger charge is 2.26. The fourth-order valence-electron chi connectivity index (χ4n) is 1.72. The van der Waals surface area contributed by atoms with Crippen LogP contribution in [0.3, 0.4) is 0 Å². The lowest BCUT2D eigenvalue weighted by Gasteiger charge is -2.15. The van der Waals surface area contributed by atoms with Gasteiger partial charge in [0.05, 0.1) is 11.3 Å². The molecule has 0 radical (unpaired) electrons. The highest BCUT2D eigenvalue weighted by molar-refractivity contribution is 6.23. The largest absolute Gasteiger partial charge is 0.382 e. The minimum absolute atomic E-state index is 0.160. The van der Waals surface area contributed by atoms with E-state index >= 15 is 0 Å². The summed E-state index contributed by atoms with van der Waals surface area (Å²) in [7, 11) is 0. The molecule has 4 nitrogen and oxygen atoms in total. The summed E-state index contributed by atoms with van der Waals surface area (Å²) < 4.78 is 0. The number of allylic oxidation sites excluding steroid dienone is 2. The van der Waals surface area contributed by atoms with E-state index in [-0.39, 0.29) is 17.3 Å². The number of ketones is 2. The van der Waals surface area contributed by atoms with Crippen LogP contribution in [0.15, 0.2) is 30.1 Å². The molecule has 1 aliphatic carbocycles. The molecule has 1 heterocycles. The molecular formula is C13H14N2O2. The average Bonchev–Trinajstić information content (AvgIpc) is 2.36. The van der Waals surface area contributed by atoms with Crippen molar-refractivity contribution in [1.29, 1.82) is 0 Å². The van der Waals surface area contributed by atoms with E-state index in [1.54, 1.807) is 12.1 Å². The lowest BCUT2D eigenvalue weighted by molar-refractivity contribution is 0.0974. The zero-order valence-electron chi connectivity index (χ0n) is 9.69. The minimum Gasteiger partial charge on any atom is -0.382 e. The maximum atomic E-state index is 12.0. The predicted molar refractivity (Wildman–Crippen MR) is 63.9 cm³/mol. The molecule has 17 heavy (non-hydrogen) atoms. The van der Waals surface area contributed by atoms with Gasteiger partial charge in [-0.25, -0.2) is 0 Å². The normalized spacial score (nSPS) is 14.3. The number of unbranched alkanes of at least 4 members (excludes halogenated alkanes) is 1. The summed E-state index contributed by atoms with van der Waals surface area (Å²) in [6.45, 7) is 2.77. The van der Waals surface area contributed by atoms with E-state index in [0.717, 1.165) is 12.8 Å². The van der Waals surface area contributed by atoms with Crippen LogP contribution in [-0.2, 0) is 0 Å². The molecule has 1 aromatic heterocycles. The van der Waals surface area contributed by atoms with Gasteiger partial charge < -0.3 is 5.32 Å². The Balaban J connectivity index is 2.23. The summed E-state index contributed by atoms with van der Waals surface area (Å²) in [5.41, 5.74) is 0.993. The summed E-state index contributed by atoms with van der Waals surface area (Å²) in [5.74, 6) is -0.358. The third kappa shape index (κ3) is 2.25. The van der Waals surface area contributed by atoms with Gasteiger partial charge in [0.1, 0.15) is 5.69 Å². The molecule has 0 bridgehead atoms. The van der Waals surface area contributed by atoms with E-state index in [4.69, 9.17) is 0 Å². The second-order valence-corrected chi connectivity index (χ2v) is 3.93. The highest BCUT2D eigenvalue weighted by atomic mass is 16.1. The van der Waals surface area contributed by atoms with Gasteiger partial charge in [-0.2, -0.15) is 0 Å². The summed E-state index contributed by atoms with van der Waals surface area (Å²) >= 11 is 0. The summed E-state index contributed by atoms with van der Waals surface area (Å²) in [6.07, 6.45) is 4.89. The Bertz CT molecular complexity index is 492. The van der Waals surface area contributed by atoms with Crippen LogP contribution in [0.25, 0.3) is 0 Å². The second kappa shape index (κ2) is 4.91. The molecule has 1 aromatic rings. The number of nitrogens with zero attached hydrogens (tertiary/aromatic N) is 1. The molecule has 88 valence electrons. The molecule has 0 atom stereocenters. The predicted octanol–water partition coefficient (Wildman–Crippen LogP) is 1.73. The number of aromatic nitrogens is 1. The first kappa shape index (κ1) is 11.5. The number of carbonyl (C=O) groups is 2. The Morgan fingerprint density at radius 1 is 1.35 bits per heavy atom. The molecule has 0 unspecified atom stereocenters. The monoisotopic (exact) mass is 230 g/mol. The van der Waals surface area contributed by atoms with Gasteiger partial charge >= 0.3 is 0 Å². The molecule has 0 fully saturated rings. The standard InChI is InChI=1S/C13H14N2O2/c1-2-3-6-14-10-8-11(16)9-5-4-7-15-12(9)13(10)17/h4-5,7-8,14H,2-3,6H2,1H3. The smallest absolute Gasteiger partial charge is 0.228 e. The molecule has 0 aliphatic heterocycles. The topological polar surface area (TPSA) is 59.1 Å². The van der Waals surface area contributed by atoms with Crippen molar-refractivity contribution in [3.8, 4) is 0 Å². The third-order valence-corrected chi connectivity index (χ3v) is 2.65. The molecule has 4 heteroatoms. The Hall–Kier alpha value is -1.97. The molecular weight excluding hydrogens is 216 g/mol. The van der Waals surface area contributed by atoms with Crippen LogP contribution in [0.1, 0.15) is 40.6 Å². The Morgan fingerprint density at radius 3 is 2.94 bits per heavy atom. The van der Waals surface area contributed by atoms with Crippen LogP contribution in [0.5, 0.6) is 0 Å². The van der Waals surface area contributed by atoms with Gasteiger partial charge in [-0.15, -0.1) is 0 Å². The van der Waals surface area contributed by atoms with Gasteiger partial charge in [-0.05, 0) is 18.6 Å². The fourth-order valence-corrected chi connectivity index (χ4v) is 1.72. The van der Waals surface area contributed by atoms with Crippen molar-refractivity contribution in [3.63, 3.8) is 0 Å². The zero-order chi connectivity index (χ0) is 12.3. The molecule has 0 saturated heterocycles. The van der Waals surface area contributed by atoms with Crippen molar-refractivity contribution in [2.24, 2.45) is 0 Å². The Kier molecular flexibility index (Phi) is 3.32. The molecule has 2 rings (SSSR count). The first-order valence-electron chi connectivity index (χ1n) is 5.73. The number of hydrogen-bond donors (Lipinski definition) is 1.